The number of hydrogen-bond donors (Lipinski definition) is 0. The molecule has 1 nitrogen and oxygen atoms in total. The number of rotatable bonds is 4. The molecule has 2 aromatic carbocycles. The number of hydrogen-bond acceptors (Lipinski definition) is 1. The maximum Gasteiger partial charge on any atom is 0.129 e. The highest BCUT2D eigenvalue weighted by atomic mass is 19.1. The maximum absolute atomic E-state index is 13.5. The van der Waals surface area contributed by atoms with Crippen molar-refractivity contribution in [2.24, 2.45) is 0 Å². The zero-order valence-corrected chi connectivity index (χ0v) is 10.6. The van der Waals surface area contributed by atoms with Gasteiger partial charge in [-0.3, -0.25) is 0 Å². The number of ether oxygens (including phenoxy) is 1. The van der Waals surface area contributed by atoms with Crippen LogP contribution >= 0.6 is 0 Å². The Morgan fingerprint density at radius 3 is 2.16 bits per heavy atom. The van der Waals surface area contributed by atoms with E-state index >= 15 is 0 Å². The van der Waals surface area contributed by atoms with Crippen molar-refractivity contribution in [2.75, 3.05) is 6.61 Å². The molecule has 0 spiro atoms. The van der Waals surface area contributed by atoms with Gasteiger partial charge in [-0.25, -0.2) is 8.78 Å². The molecule has 19 heavy (non-hydrogen) atoms. The van der Waals surface area contributed by atoms with Gasteiger partial charge in [-0.15, -0.1) is 0 Å². The average Bonchev–Trinajstić information content (AvgIpc) is 2.42. The summed E-state index contributed by atoms with van der Waals surface area (Å²) >= 11 is 0. The van der Waals surface area contributed by atoms with Gasteiger partial charge in [-0.05, 0) is 42.3 Å². The van der Waals surface area contributed by atoms with Crippen molar-refractivity contribution in [1.29, 1.82) is 0 Å². The molecule has 0 N–H and O–H groups in total. The Morgan fingerprint density at radius 2 is 1.63 bits per heavy atom. The van der Waals surface area contributed by atoms with Crippen molar-refractivity contribution < 1.29 is 13.5 Å². The maximum atomic E-state index is 13.5. The van der Waals surface area contributed by atoms with E-state index in [9.17, 15) is 8.78 Å². The second-order valence-electron chi connectivity index (χ2n) is 4.19. The molecule has 0 radical (unpaired) electrons. The molecule has 0 saturated heterocycles. The minimum absolute atomic E-state index is 0.0367. The van der Waals surface area contributed by atoms with Gasteiger partial charge < -0.3 is 4.74 Å². The van der Waals surface area contributed by atoms with Gasteiger partial charge in [0.2, 0.25) is 0 Å². The summed E-state index contributed by atoms with van der Waals surface area (Å²) in [6.45, 7) is 5.40. The summed E-state index contributed by atoms with van der Waals surface area (Å²) in [6.07, 6.45) is 1.65. The van der Waals surface area contributed by atoms with E-state index in [1.807, 2.05) is 0 Å². The first-order valence-electron chi connectivity index (χ1n) is 5.91. The topological polar surface area (TPSA) is 9.23 Å². The lowest BCUT2D eigenvalue weighted by atomic mass is 10.0. The molecule has 0 aromatic heterocycles. The molecule has 0 aliphatic carbocycles. The van der Waals surface area contributed by atoms with E-state index in [4.69, 9.17) is 4.74 Å². The van der Waals surface area contributed by atoms with Crippen LogP contribution in [0.2, 0.25) is 0 Å². The van der Waals surface area contributed by atoms with Crippen LogP contribution < -0.4 is 4.74 Å². The lowest BCUT2D eigenvalue weighted by molar-refractivity contribution is 0.363. The van der Waals surface area contributed by atoms with Gasteiger partial charge in [0.05, 0.1) is 0 Å². The summed E-state index contributed by atoms with van der Waals surface area (Å²) in [6, 6.07) is 9.71. The standard InChI is InChI=1S/C16H14F2O/c1-3-8-19-14-6-4-12(5-7-14)13-9-15(17)11(2)16(18)10-13/h3-7,9-10H,1,8H2,2H3. The molecule has 0 aliphatic heterocycles. The van der Waals surface area contributed by atoms with E-state index in [1.165, 1.54) is 19.1 Å². The van der Waals surface area contributed by atoms with Gasteiger partial charge in [-0.2, -0.15) is 0 Å². The molecule has 0 bridgehead atoms. The minimum Gasteiger partial charge on any atom is -0.490 e. The molecular weight excluding hydrogens is 246 g/mol. The Labute approximate surface area is 111 Å². The Morgan fingerprint density at radius 1 is 1.05 bits per heavy atom. The average molecular weight is 260 g/mol. The van der Waals surface area contributed by atoms with Crippen LogP contribution in [-0.4, -0.2) is 6.61 Å². The molecular formula is C16H14F2O. The fourth-order valence-corrected chi connectivity index (χ4v) is 1.71. The fraction of sp³-hybridized carbons (Fsp3) is 0.125. The van der Waals surface area contributed by atoms with Gasteiger partial charge in [0.15, 0.2) is 0 Å². The van der Waals surface area contributed by atoms with Crippen molar-refractivity contribution in [3.8, 4) is 16.9 Å². The van der Waals surface area contributed by atoms with Gasteiger partial charge in [0, 0.05) is 5.56 Å². The third-order valence-electron chi connectivity index (χ3n) is 2.84. The van der Waals surface area contributed by atoms with E-state index in [-0.39, 0.29) is 5.56 Å². The number of halogens is 2. The second kappa shape index (κ2) is 5.65. The van der Waals surface area contributed by atoms with E-state index in [0.29, 0.717) is 17.9 Å². The summed E-state index contributed by atoms with van der Waals surface area (Å²) in [5, 5.41) is 0. The number of benzene rings is 2. The summed E-state index contributed by atoms with van der Waals surface area (Å²) in [4.78, 5) is 0. The zero-order valence-electron chi connectivity index (χ0n) is 10.6. The molecule has 3 heteroatoms. The summed E-state index contributed by atoms with van der Waals surface area (Å²) in [7, 11) is 0. The smallest absolute Gasteiger partial charge is 0.129 e. The van der Waals surface area contributed by atoms with Crippen molar-refractivity contribution in [2.45, 2.75) is 6.92 Å². The molecule has 0 atom stereocenters. The third kappa shape index (κ3) is 2.99. The Kier molecular flexibility index (Phi) is 3.95. The van der Waals surface area contributed by atoms with Crippen LogP contribution in [0.25, 0.3) is 11.1 Å². The summed E-state index contributed by atoms with van der Waals surface area (Å²) in [5.74, 6) is -0.388. The van der Waals surface area contributed by atoms with Crippen LogP contribution in [0.4, 0.5) is 8.78 Å². The predicted molar refractivity (Wildman–Crippen MR) is 72.2 cm³/mol. The quantitative estimate of drug-likeness (QED) is 0.735. The summed E-state index contributed by atoms with van der Waals surface area (Å²) in [5.41, 5.74) is 1.29. The fourth-order valence-electron chi connectivity index (χ4n) is 1.71. The predicted octanol–water partition coefficient (Wildman–Crippen LogP) is 4.51. The minimum atomic E-state index is -0.540. The molecule has 0 fully saturated rings. The van der Waals surface area contributed by atoms with E-state index in [2.05, 4.69) is 6.58 Å². The van der Waals surface area contributed by atoms with Gasteiger partial charge in [-0.1, -0.05) is 24.8 Å². The van der Waals surface area contributed by atoms with Gasteiger partial charge in [0.1, 0.15) is 24.0 Å². The molecule has 0 saturated carbocycles. The Hall–Kier alpha value is -2.16. The monoisotopic (exact) mass is 260 g/mol. The highest BCUT2D eigenvalue weighted by Gasteiger charge is 2.08. The first kappa shape index (κ1) is 13.3. The molecule has 0 unspecified atom stereocenters. The Bertz CT molecular complexity index is 565. The van der Waals surface area contributed by atoms with Crippen molar-refractivity contribution >= 4 is 0 Å². The van der Waals surface area contributed by atoms with Crippen molar-refractivity contribution in [3.63, 3.8) is 0 Å². The Balaban J connectivity index is 2.29. The first-order valence-corrected chi connectivity index (χ1v) is 5.91. The van der Waals surface area contributed by atoms with E-state index in [0.717, 1.165) is 5.56 Å². The summed E-state index contributed by atoms with van der Waals surface area (Å²) < 4.78 is 32.3. The molecule has 0 amide bonds. The van der Waals surface area contributed by atoms with E-state index in [1.54, 1.807) is 30.3 Å². The molecule has 2 rings (SSSR count). The molecule has 2 aromatic rings. The first-order chi connectivity index (χ1) is 9.11. The third-order valence-corrected chi connectivity index (χ3v) is 2.84. The molecule has 0 aliphatic rings. The highest BCUT2D eigenvalue weighted by molar-refractivity contribution is 5.64. The molecule has 0 heterocycles. The van der Waals surface area contributed by atoms with Crippen molar-refractivity contribution in [1.82, 2.24) is 0 Å². The highest BCUT2D eigenvalue weighted by Crippen LogP contribution is 2.25. The van der Waals surface area contributed by atoms with Crippen LogP contribution in [0.5, 0.6) is 5.75 Å². The van der Waals surface area contributed by atoms with Crippen LogP contribution in [-0.2, 0) is 0 Å². The lowest BCUT2D eigenvalue weighted by Crippen LogP contribution is -1.93. The van der Waals surface area contributed by atoms with Crippen LogP contribution in [0, 0.1) is 18.6 Å². The second-order valence-corrected chi connectivity index (χ2v) is 4.19. The van der Waals surface area contributed by atoms with Gasteiger partial charge in [0.25, 0.3) is 0 Å². The van der Waals surface area contributed by atoms with Crippen LogP contribution in [0.3, 0.4) is 0 Å². The zero-order chi connectivity index (χ0) is 13.8. The normalized spacial score (nSPS) is 10.3. The largest absolute Gasteiger partial charge is 0.490 e. The SMILES string of the molecule is C=CCOc1ccc(-c2cc(F)c(C)c(F)c2)cc1. The van der Waals surface area contributed by atoms with Crippen molar-refractivity contribution in [3.05, 3.63) is 66.3 Å². The van der Waals surface area contributed by atoms with Crippen LogP contribution in [0.15, 0.2) is 49.1 Å². The van der Waals surface area contributed by atoms with E-state index < -0.39 is 11.6 Å². The van der Waals surface area contributed by atoms with Gasteiger partial charge >= 0.3 is 0 Å². The van der Waals surface area contributed by atoms with Crippen LogP contribution in [0.1, 0.15) is 5.56 Å². The molecule has 98 valence electrons. The lowest BCUT2D eigenvalue weighted by Gasteiger charge is -2.07.